The molecule has 1 N–H and O–H groups in total. The van der Waals surface area contributed by atoms with E-state index in [2.05, 4.69) is 53.1 Å². The Labute approximate surface area is 155 Å². The van der Waals surface area contributed by atoms with E-state index in [0.717, 1.165) is 37.3 Å². The van der Waals surface area contributed by atoms with Crippen LogP contribution in [0.4, 0.5) is 11.6 Å². The number of nitrogens with one attached hydrogen (secondary N) is 1. The number of carbonyl (C=O) groups is 1. The van der Waals surface area contributed by atoms with Gasteiger partial charge < -0.3 is 10.2 Å². The number of anilines is 2. The molecule has 0 spiro atoms. The Balaban J connectivity index is 1.76. The highest BCUT2D eigenvalue weighted by Crippen LogP contribution is 2.24. The summed E-state index contributed by atoms with van der Waals surface area (Å²) in [4.78, 5) is 23.9. The molecule has 0 atom stereocenters. The van der Waals surface area contributed by atoms with Gasteiger partial charge in [0, 0.05) is 24.5 Å². The van der Waals surface area contributed by atoms with Gasteiger partial charge >= 0.3 is 0 Å². The molecule has 0 bridgehead atoms. The predicted molar refractivity (Wildman–Crippen MR) is 106 cm³/mol. The first-order valence-electron chi connectivity index (χ1n) is 9.35. The molecule has 5 heteroatoms. The summed E-state index contributed by atoms with van der Waals surface area (Å²) in [6.07, 6.45) is 3.55. The van der Waals surface area contributed by atoms with Crippen molar-refractivity contribution in [2.75, 3.05) is 23.3 Å². The molecule has 1 fully saturated rings. The maximum atomic E-state index is 12.7. The highest BCUT2D eigenvalue weighted by molar-refractivity contribution is 6.03. The number of aryl methyl sites for hydroxylation is 1. The minimum atomic E-state index is -0.197. The average Bonchev–Trinajstić information content (AvgIpc) is 2.61. The van der Waals surface area contributed by atoms with Crippen molar-refractivity contribution in [2.45, 2.75) is 52.4 Å². The summed E-state index contributed by atoms with van der Waals surface area (Å²) in [5.74, 6) is 0.468. The van der Waals surface area contributed by atoms with E-state index in [1.54, 1.807) is 6.07 Å². The minimum absolute atomic E-state index is 0.0929. The van der Waals surface area contributed by atoms with E-state index in [9.17, 15) is 4.79 Å². The van der Waals surface area contributed by atoms with Crippen LogP contribution in [0.5, 0.6) is 0 Å². The fourth-order valence-electron chi connectivity index (χ4n) is 3.15. The van der Waals surface area contributed by atoms with Gasteiger partial charge in [-0.25, -0.2) is 9.97 Å². The lowest BCUT2D eigenvalue weighted by atomic mass is 9.87. The van der Waals surface area contributed by atoms with Crippen LogP contribution in [-0.2, 0) is 5.41 Å². The fourth-order valence-corrected chi connectivity index (χ4v) is 3.15. The first-order valence-corrected chi connectivity index (χ1v) is 9.35. The summed E-state index contributed by atoms with van der Waals surface area (Å²) in [6.45, 7) is 10.3. The number of piperidine rings is 1. The number of rotatable bonds is 3. The number of nitrogens with zero attached hydrogens (tertiary/aromatic N) is 3. The quantitative estimate of drug-likeness (QED) is 0.893. The van der Waals surface area contributed by atoms with E-state index in [1.807, 2.05) is 19.1 Å². The number of carbonyl (C=O) groups excluding carboxylic acids is 1. The van der Waals surface area contributed by atoms with Crippen molar-refractivity contribution in [3.05, 3.63) is 47.3 Å². The van der Waals surface area contributed by atoms with E-state index < -0.39 is 0 Å². The SMILES string of the molecule is Cc1cc(C(=O)Nc2ccc(C(C)(C)C)cc2)nc(N2CCCCC2)n1. The van der Waals surface area contributed by atoms with Gasteiger partial charge in [0.1, 0.15) is 5.69 Å². The lowest BCUT2D eigenvalue weighted by Gasteiger charge is -2.27. The third kappa shape index (κ3) is 4.40. The molecule has 1 aromatic heterocycles. The second-order valence-electron chi connectivity index (χ2n) is 8.02. The van der Waals surface area contributed by atoms with Crippen molar-refractivity contribution >= 4 is 17.5 Å². The van der Waals surface area contributed by atoms with Crippen molar-refractivity contribution in [3.8, 4) is 0 Å². The van der Waals surface area contributed by atoms with Gasteiger partial charge in [0.15, 0.2) is 0 Å². The highest BCUT2D eigenvalue weighted by atomic mass is 16.1. The van der Waals surface area contributed by atoms with Crippen LogP contribution in [0, 0.1) is 6.92 Å². The average molecular weight is 352 g/mol. The molecule has 3 rings (SSSR count). The van der Waals surface area contributed by atoms with Crippen LogP contribution < -0.4 is 10.2 Å². The summed E-state index contributed by atoms with van der Waals surface area (Å²) in [5, 5.41) is 2.95. The molecule has 1 amide bonds. The van der Waals surface area contributed by atoms with Crippen LogP contribution in [-0.4, -0.2) is 29.0 Å². The highest BCUT2D eigenvalue weighted by Gasteiger charge is 2.18. The lowest BCUT2D eigenvalue weighted by Crippen LogP contribution is -2.31. The number of aromatic nitrogens is 2. The van der Waals surface area contributed by atoms with E-state index in [1.165, 1.54) is 12.0 Å². The minimum Gasteiger partial charge on any atom is -0.341 e. The summed E-state index contributed by atoms with van der Waals surface area (Å²) >= 11 is 0. The lowest BCUT2D eigenvalue weighted by molar-refractivity contribution is 0.102. The summed E-state index contributed by atoms with van der Waals surface area (Å²) < 4.78 is 0. The van der Waals surface area contributed by atoms with Crippen molar-refractivity contribution in [1.82, 2.24) is 9.97 Å². The summed E-state index contributed by atoms with van der Waals surface area (Å²) in [5.41, 5.74) is 3.33. The zero-order valence-electron chi connectivity index (χ0n) is 16.2. The Morgan fingerprint density at radius 2 is 1.69 bits per heavy atom. The molecule has 1 aliphatic heterocycles. The summed E-state index contributed by atoms with van der Waals surface area (Å²) in [6, 6.07) is 9.74. The van der Waals surface area contributed by atoms with Crippen molar-refractivity contribution in [3.63, 3.8) is 0 Å². The van der Waals surface area contributed by atoms with E-state index in [4.69, 9.17) is 0 Å². The molecule has 0 radical (unpaired) electrons. The molecule has 0 unspecified atom stereocenters. The van der Waals surface area contributed by atoms with Gasteiger partial charge in [0.25, 0.3) is 5.91 Å². The molecular weight excluding hydrogens is 324 g/mol. The molecule has 1 aliphatic rings. The normalized spacial score (nSPS) is 15.0. The number of hydrogen-bond acceptors (Lipinski definition) is 4. The maximum Gasteiger partial charge on any atom is 0.274 e. The fraction of sp³-hybridized carbons (Fsp3) is 0.476. The molecule has 1 saturated heterocycles. The van der Waals surface area contributed by atoms with Crippen molar-refractivity contribution in [2.24, 2.45) is 0 Å². The van der Waals surface area contributed by atoms with Gasteiger partial charge in [-0.05, 0) is 55.4 Å². The van der Waals surface area contributed by atoms with Gasteiger partial charge in [0.05, 0.1) is 0 Å². The zero-order chi connectivity index (χ0) is 18.7. The Hall–Kier alpha value is -2.43. The van der Waals surface area contributed by atoms with Crippen LogP contribution in [0.25, 0.3) is 0 Å². The molecular formula is C21H28N4O. The van der Waals surface area contributed by atoms with Crippen LogP contribution >= 0.6 is 0 Å². The Kier molecular flexibility index (Phi) is 5.25. The summed E-state index contributed by atoms with van der Waals surface area (Å²) in [7, 11) is 0. The second kappa shape index (κ2) is 7.44. The van der Waals surface area contributed by atoms with Crippen LogP contribution in [0.15, 0.2) is 30.3 Å². The smallest absolute Gasteiger partial charge is 0.274 e. The first-order chi connectivity index (χ1) is 12.3. The molecule has 1 aromatic carbocycles. The van der Waals surface area contributed by atoms with Crippen LogP contribution in [0.2, 0.25) is 0 Å². The Morgan fingerprint density at radius 1 is 1.04 bits per heavy atom. The topological polar surface area (TPSA) is 58.1 Å². The number of benzene rings is 1. The van der Waals surface area contributed by atoms with E-state index in [-0.39, 0.29) is 11.3 Å². The van der Waals surface area contributed by atoms with Gasteiger partial charge in [0.2, 0.25) is 5.95 Å². The van der Waals surface area contributed by atoms with Gasteiger partial charge in [-0.2, -0.15) is 0 Å². The molecule has 2 aromatic rings. The Morgan fingerprint density at radius 3 is 2.31 bits per heavy atom. The predicted octanol–water partition coefficient (Wildman–Crippen LogP) is 4.33. The maximum absolute atomic E-state index is 12.7. The number of hydrogen-bond donors (Lipinski definition) is 1. The molecule has 2 heterocycles. The Bertz CT molecular complexity index is 772. The number of amides is 1. The van der Waals surface area contributed by atoms with Gasteiger partial charge in [-0.3, -0.25) is 4.79 Å². The zero-order valence-corrected chi connectivity index (χ0v) is 16.2. The molecule has 5 nitrogen and oxygen atoms in total. The molecule has 0 saturated carbocycles. The standard InChI is InChI=1S/C21H28N4O/c1-15-14-18(24-20(22-15)25-12-6-5-7-13-25)19(26)23-17-10-8-16(9-11-17)21(2,3)4/h8-11,14H,5-7,12-13H2,1-4H3,(H,23,26). The van der Waals surface area contributed by atoms with Gasteiger partial charge in [-0.15, -0.1) is 0 Å². The molecule has 138 valence electrons. The van der Waals surface area contributed by atoms with Crippen molar-refractivity contribution in [1.29, 1.82) is 0 Å². The third-order valence-corrected chi connectivity index (χ3v) is 4.72. The van der Waals surface area contributed by atoms with Crippen LogP contribution in [0.3, 0.4) is 0 Å². The van der Waals surface area contributed by atoms with E-state index >= 15 is 0 Å². The molecule has 26 heavy (non-hydrogen) atoms. The largest absolute Gasteiger partial charge is 0.341 e. The van der Waals surface area contributed by atoms with Crippen LogP contribution in [0.1, 0.15) is 61.8 Å². The second-order valence-corrected chi connectivity index (χ2v) is 8.02. The van der Waals surface area contributed by atoms with E-state index in [0.29, 0.717) is 11.6 Å². The molecule has 0 aliphatic carbocycles. The monoisotopic (exact) mass is 352 g/mol. The first kappa shape index (κ1) is 18.4. The van der Waals surface area contributed by atoms with Gasteiger partial charge in [-0.1, -0.05) is 32.9 Å². The third-order valence-electron chi connectivity index (χ3n) is 4.72. The van der Waals surface area contributed by atoms with Crippen molar-refractivity contribution < 1.29 is 4.79 Å².